The van der Waals surface area contributed by atoms with Crippen molar-refractivity contribution in [2.24, 2.45) is 7.05 Å². The Morgan fingerprint density at radius 3 is 2.84 bits per heavy atom. The monoisotopic (exact) mass is 264 g/mol. The van der Waals surface area contributed by atoms with Crippen LogP contribution in [0.3, 0.4) is 0 Å². The fraction of sp³-hybridized carbons (Fsp3) is 0.250. The van der Waals surface area contributed by atoms with Gasteiger partial charge in [0, 0.05) is 32.1 Å². The Morgan fingerprint density at radius 1 is 1.42 bits per heavy atom. The molecule has 0 fully saturated rings. The first-order valence-corrected chi connectivity index (χ1v) is 5.67. The van der Waals surface area contributed by atoms with E-state index >= 15 is 0 Å². The minimum absolute atomic E-state index is 0.242. The topological polar surface area (TPSA) is 73.0 Å². The van der Waals surface area contributed by atoms with Crippen molar-refractivity contribution in [3.05, 3.63) is 57.9 Å². The van der Waals surface area contributed by atoms with E-state index in [0.29, 0.717) is 18.7 Å². The van der Waals surface area contributed by atoms with Crippen molar-refractivity contribution in [2.75, 3.05) is 0 Å². The molecule has 19 heavy (non-hydrogen) atoms. The zero-order chi connectivity index (χ0) is 13.8. The smallest absolute Gasteiger partial charge is 0.272 e. The van der Waals surface area contributed by atoms with Crippen LogP contribution in [0, 0.1) is 15.9 Å². The first kappa shape index (κ1) is 13.2. The molecule has 7 heteroatoms. The van der Waals surface area contributed by atoms with E-state index in [1.807, 2.05) is 17.8 Å². The molecular weight excluding hydrogens is 251 g/mol. The standard InChI is InChI=1S/C12H13FN4O2/c1-16-3-2-15-12(16)8-14-7-9-4-10(13)6-11(5-9)17(18)19/h2-6,14H,7-8H2,1H3. The van der Waals surface area contributed by atoms with Crippen molar-refractivity contribution in [2.45, 2.75) is 13.1 Å². The number of imidazole rings is 1. The number of rotatable bonds is 5. The van der Waals surface area contributed by atoms with Crippen LogP contribution >= 0.6 is 0 Å². The number of non-ortho nitro benzene ring substituents is 1. The molecule has 100 valence electrons. The second kappa shape index (κ2) is 5.57. The van der Waals surface area contributed by atoms with Crippen molar-refractivity contribution in [3.8, 4) is 0 Å². The quantitative estimate of drug-likeness (QED) is 0.659. The fourth-order valence-electron chi connectivity index (χ4n) is 1.73. The van der Waals surface area contributed by atoms with Crippen LogP contribution in [0.15, 0.2) is 30.6 Å². The summed E-state index contributed by atoms with van der Waals surface area (Å²) >= 11 is 0. The van der Waals surface area contributed by atoms with Gasteiger partial charge in [-0.25, -0.2) is 9.37 Å². The van der Waals surface area contributed by atoms with Crippen LogP contribution in [-0.2, 0) is 20.1 Å². The molecule has 0 aliphatic rings. The molecule has 1 aromatic carbocycles. The van der Waals surface area contributed by atoms with Crippen LogP contribution in [0.4, 0.5) is 10.1 Å². The second-order valence-electron chi connectivity index (χ2n) is 4.13. The van der Waals surface area contributed by atoms with Crippen LogP contribution < -0.4 is 5.32 Å². The van der Waals surface area contributed by atoms with E-state index in [1.54, 1.807) is 6.20 Å². The maximum Gasteiger partial charge on any atom is 0.272 e. The molecule has 1 aromatic heterocycles. The van der Waals surface area contributed by atoms with Crippen molar-refractivity contribution in [1.29, 1.82) is 0 Å². The average Bonchev–Trinajstić information content (AvgIpc) is 2.74. The van der Waals surface area contributed by atoms with Gasteiger partial charge < -0.3 is 9.88 Å². The molecular formula is C12H13FN4O2. The minimum Gasteiger partial charge on any atom is -0.337 e. The lowest BCUT2D eigenvalue weighted by Crippen LogP contribution is -2.15. The molecule has 0 atom stereocenters. The highest BCUT2D eigenvalue weighted by Gasteiger charge is 2.09. The highest BCUT2D eigenvalue weighted by molar-refractivity contribution is 5.35. The number of halogens is 1. The van der Waals surface area contributed by atoms with E-state index in [-0.39, 0.29) is 5.69 Å². The summed E-state index contributed by atoms with van der Waals surface area (Å²) < 4.78 is 15.1. The molecule has 0 aliphatic carbocycles. The van der Waals surface area contributed by atoms with Crippen molar-refractivity contribution < 1.29 is 9.31 Å². The Morgan fingerprint density at radius 2 is 2.21 bits per heavy atom. The summed E-state index contributed by atoms with van der Waals surface area (Å²) in [4.78, 5) is 14.1. The Balaban J connectivity index is 2.00. The van der Waals surface area contributed by atoms with Gasteiger partial charge in [0.1, 0.15) is 11.6 Å². The lowest BCUT2D eigenvalue weighted by Gasteiger charge is -2.05. The maximum atomic E-state index is 13.2. The SMILES string of the molecule is Cn1ccnc1CNCc1cc(F)cc([N+](=O)[O-])c1. The molecule has 1 heterocycles. The number of nitrogens with zero attached hydrogens (tertiary/aromatic N) is 3. The van der Waals surface area contributed by atoms with E-state index in [9.17, 15) is 14.5 Å². The summed E-state index contributed by atoms with van der Waals surface area (Å²) in [6.45, 7) is 0.846. The van der Waals surface area contributed by atoms with Gasteiger partial charge in [-0.3, -0.25) is 10.1 Å². The first-order valence-electron chi connectivity index (χ1n) is 5.67. The molecule has 0 spiro atoms. The lowest BCUT2D eigenvalue weighted by molar-refractivity contribution is -0.385. The summed E-state index contributed by atoms with van der Waals surface area (Å²) in [5.41, 5.74) is 0.287. The third kappa shape index (κ3) is 3.35. The summed E-state index contributed by atoms with van der Waals surface area (Å²) in [5, 5.41) is 13.7. The molecule has 0 saturated heterocycles. The Labute approximate surface area is 109 Å². The maximum absolute atomic E-state index is 13.2. The van der Waals surface area contributed by atoms with Gasteiger partial charge >= 0.3 is 0 Å². The Bertz CT molecular complexity index is 597. The molecule has 0 amide bonds. The predicted molar refractivity (Wildman–Crippen MR) is 66.8 cm³/mol. The Hall–Kier alpha value is -2.28. The molecule has 0 bridgehead atoms. The zero-order valence-corrected chi connectivity index (χ0v) is 10.3. The van der Waals surface area contributed by atoms with E-state index in [1.165, 1.54) is 12.1 Å². The van der Waals surface area contributed by atoms with Gasteiger partial charge in [-0.15, -0.1) is 0 Å². The van der Waals surface area contributed by atoms with Gasteiger partial charge in [0.25, 0.3) is 5.69 Å². The van der Waals surface area contributed by atoms with Crippen LogP contribution in [0.2, 0.25) is 0 Å². The van der Waals surface area contributed by atoms with Crippen molar-refractivity contribution >= 4 is 5.69 Å². The van der Waals surface area contributed by atoms with Crippen molar-refractivity contribution in [3.63, 3.8) is 0 Å². The molecule has 2 rings (SSSR count). The number of nitro benzene ring substituents is 1. The van der Waals surface area contributed by atoms with Gasteiger partial charge in [-0.2, -0.15) is 0 Å². The predicted octanol–water partition coefficient (Wildman–Crippen LogP) is 1.76. The van der Waals surface area contributed by atoms with Crippen LogP contribution in [0.25, 0.3) is 0 Å². The first-order chi connectivity index (χ1) is 9.06. The van der Waals surface area contributed by atoms with Gasteiger partial charge in [0.2, 0.25) is 0 Å². The molecule has 0 aliphatic heterocycles. The molecule has 0 saturated carbocycles. The number of hydrogen-bond donors (Lipinski definition) is 1. The molecule has 1 N–H and O–H groups in total. The van der Waals surface area contributed by atoms with E-state index < -0.39 is 10.7 Å². The van der Waals surface area contributed by atoms with Crippen molar-refractivity contribution in [1.82, 2.24) is 14.9 Å². The third-order valence-electron chi connectivity index (χ3n) is 2.69. The normalized spacial score (nSPS) is 10.6. The highest BCUT2D eigenvalue weighted by Crippen LogP contribution is 2.16. The molecule has 0 radical (unpaired) electrons. The molecule has 6 nitrogen and oxygen atoms in total. The number of nitrogens with one attached hydrogen (secondary N) is 1. The van der Waals surface area contributed by atoms with Gasteiger partial charge in [-0.1, -0.05) is 0 Å². The summed E-state index contributed by atoms with van der Waals surface area (Å²) in [5.74, 6) is 0.230. The lowest BCUT2D eigenvalue weighted by atomic mass is 10.2. The van der Waals surface area contributed by atoms with Crippen LogP contribution in [-0.4, -0.2) is 14.5 Å². The number of aromatic nitrogens is 2. The number of nitro groups is 1. The van der Waals surface area contributed by atoms with E-state index in [2.05, 4.69) is 10.3 Å². The molecule has 0 unspecified atom stereocenters. The van der Waals surface area contributed by atoms with Crippen LogP contribution in [0.1, 0.15) is 11.4 Å². The third-order valence-corrected chi connectivity index (χ3v) is 2.69. The van der Waals surface area contributed by atoms with Gasteiger partial charge in [0.05, 0.1) is 17.5 Å². The summed E-state index contributed by atoms with van der Waals surface area (Å²) in [6.07, 6.45) is 3.51. The van der Waals surface area contributed by atoms with Crippen LogP contribution in [0.5, 0.6) is 0 Å². The zero-order valence-electron chi connectivity index (χ0n) is 10.3. The van der Waals surface area contributed by atoms with Gasteiger partial charge in [0.15, 0.2) is 0 Å². The van der Waals surface area contributed by atoms with E-state index in [4.69, 9.17) is 0 Å². The van der Waals surface area contributed by atoms with Gasteiger partial charge in [-0.05, 0) is 11.6 Å². The minimum atomic E-state index is -0.608. The summed E-state index contributed by atoms with van der Waals surface area (Å²) in [7, 11) is 1.87. The summed E-state index contributed by atoms with van der Waals surface area (Å²) in [6, 6.07) is 3.54. The number of hydrogen-bond acceptors (Lipinski definition) is 4. The fourth-order valence-corrected chi connectivity index (χ4v) is 1.73. The number of benzene rings is 1. The largest absolute Gasteiger partial charge is 0.337 e. The highest BCUT2D eigenvalue weighted by atomic mass is 19.1. The number of aryl methyl sites for hydroxylation is 1. The van der Waals surface area contributed by atoms with E-state index in [0.717, 1.165) is 11.9 Å². The second-order valence-corrected chi connectivity index (χ2v) is 4.13. The Kier molecular flexibility index (Phi) is 3.86. The average molecular weight is 264 g/mol. The molecule has 2 aromatic rings.